The summed E-state index contributed by atoms with van der Waals surface area (Å²) in [6.45, 7) is 0.225. The maximum Gasteiger partial charge on any atom is 0.231 e. The van der Waals surface area contributed by atoms with Crippen LogP contribution in [-0.2, 0) is 0 Å². The zero-order valence-corrected chi connectivity index (χ0v) is 9.88. The lowest BCUT2D eigenvalue weighted by Gasteiger charge is -2.09. The smallest absolute Gasteiger partial charge is 0.231 e. The molecule has 19 heavy (non-hydrogen) atoms. The first-order valence-electron chi connectivity index (χ1n) is 5.59. The monoisotopic (exact) mass is 254 g/mol. The Morgan fingerprint density at radius 1 is 1.26 bits per heavy atom. The number of ether oxygens (including phenoxy) is 2. The standard InChI is InChI=1S/C13H10N4O2/c14-6-8-3-4-16-13(12(8)15)17-9-1-2-10-11(5-9)19-7-18-10/h1-5H,7,15H2,(H,16,17). The molecule has 0 radical (unpaired) electrons. The van der Waals surface area contributed by atoms with Crippen molar-refractivity contribution in [2.24, 2.45) is 0 Å². The quantitative estimate of drug-likeness (QED) is 0.851. The number of nitrogens with zero attached hydrogens (tertiary/aromatic N) is 2. The lowest BCUT2D eigenvalue weighted by atomic mass is 10.2. The van der Waals surface area contributed by atoms with Gasteiger partial charge in [0.15, 0.2) is 17.3 Å². The summed E-state index contributed by atoms with van der Waals surface area (Å²) in [6.07, 6.45) is 1.53. The van der Waals surface area contributed by atoms with Crippen LogP contribution in [0.1, 0.15) is 5.56 Å². The van der Waals surface area contributed by atoms with Crippen molar-refractivity contribution in [2.75, 3.05) is 17.8 Å². The molecule has 0 bridgehead atoms. The first-order valence-corrected chi connectivity index (χ1v) is 5.59. The first kappa shape index (κ1) is 11.2. The Hall–Kier alpha value is -2.94. The molecule has 2 heterocycles. The number of hydrogen-bond acceptors (Lipinski definition) is 6. The SMILES string of the molecule is N#Cc1ccnc(Nc2ccc3c(c2)OCO3)c1N. The van der Waals surface area contributed by atoms with Crippen molar-refractivity contribution in [3.63, 3.8) is 0 Å². The molecule has 0 saturated carbocycles. The Morgan fingerprint density at radius 2 is 2.11 bits per heavy atom. The number of benzene rings is 1. The summed E-state index contributed by atoms with van der Waals surface area (Å²) >= 11 is 0. The maximum atomic E-state index is 8.91. The van der Waals surface area contributed by atoms with Crippen LogP contribution in [-0.4, -0.2) is 11.8 Å². The molecule has 0 fully saturated rings. The predicted octanol–water partition coefficient (Wildman–Crippen LogP) is 2.01. The Bertz CT molecular complexity index is 679. The van der Waals surface area contributed by atoms with Crippen molar-refractivity contribution >= 4 is 17.2 Å². The average Bonchev–Trinajstić information content (AvgIpc) is 2.88. The number of fused-ring (bicyclic) bond motifs is 1. The van der Waals surface area contributed by atoms with E-state index in [0.717, 1.165) is 5.69 Å². The fourth-order valence-corrected chi connectivity index (χ4v) is 1.78. The van der Waals surface area contributed by atoms with Crippen molar-refractivity contribution < 1.29 is 9.47 Å². The normalized spacial score (nSPS) is 11.9. The second-order valence-corrected chi connectivity index (χ2v) is 3.93. The number of rotatable bonds is 2. The minimum absolute atomic E-state index is 0.225. The van der Waals surface area contributed by atoms with Gasteiger partial charge in [-0.05, 0) is 18.2 Å². The largest absolute Gasteiger partial charge is 0.454 e. The number of nitriles is 1. The number of nitrogen functional groups attached to an aromatic ring is 1. The van der Waals surface area contributed by atoms with E-state index < -0.39 is 0 Å². The van der Waals surface area contributed by atoms with Gasteiger partial charge in [-0.1, -0.05) is 0 Å². The molecule has 0 aliphatic carbocycles. The third-order valence-corrected chi connectivity index (χ3v) is 2.75. The Morgan fingerprint density at radius 3 is 2.95 bits per heavy atom. The Labute approximate surface area is 109 Å². The van der Waals surface area contributed by atoms with Gasteiger partial charge >= 0.3 is 0 Å². The molecule has 2 aromatic rings. The van der Waals surface area contributed by atoms with Gasteiger partial charge in [-0.3, -0.25) is 0 Å². The van der Waals surface area contributed by atoms with Gasteiger partial charge in [-0.2, -0.15) is 5.26 Å². The molecule has 0 amide bonds. The van der Waals surface area contributed by atoms with Gasteiger partial charge in [0, 0.05) is 18.0 Å². The highest BCUT2D eigenvalue weighted by molar-refractivity contribution is 5.74. The van der Waals surface area contributed by atoms with E-state index in [0.29, 0.717) is 28.6 Å². The zero-order chi connectivity index (χ0) is 13.2. The Kier molecular flexibility index (Phi) is 2.58. The number of aromatic nitrogens is 1. The third-order valence-electron chi connectivity index (χ3n) is 2.75. The fourth-order valence-electron chi connectivity index (χ4n) is 1.78. The molecule has 94 valence electrons. The summed E-state index contributed by atoms with van der Waals surface area (Å²) in [5.74, 6) is 1.81. The predicted molar refractivity (Wildman–Crippen MR) is 69.2 cm³/mol. The number of anilines is 3. The van der Waals surface area contributed by atoms with Crippen LogP contribution in [0.3, 0.4) is 0 Å². The highest BCUT2D eigenvalue weighted by Crippen LogP contribution is 2.35. The summed E-state index contributed by atoms with van der Waals surface area (Å²) in [4.78, 5) is 4.12. The zero-order valence-electron chi connectivity index (χ0n) is 9.88. The highest BCUT2D eigenvalue weighted by Gasteiger charge is 2.14. The van der Waals surface area contributed by atoms with Crippen molar-refractivity contribution in [3.8, 4) is 17.6 Å². The molecule has 0 unspecified atom stereocenters. The summed E-state index contributed by atoms with van der Waals surface area (Å²) < 4.78 is 10.5. The van der Waals surface area contributed by atoms with Crippen molar-refractivity contribution in [1.82, 2.24) is 4.98 Å². The van der Waals surface area contributed by atoms with E-state index in [9.17, 15) is 0 Å². The number of pyridine rings is 1. The molecule has 0 atom stereocenters. The van der Waals surface area contributed by atoms with Gasteiger partial charge in [0.1, 0.15) is 6.07 Å². The summed E-state index contributed by atoms with van der Waals surface area (Å²) in [6, 6.07) is 9.00. The van der Waals surface area contributed by atoms with E-state index in [2.05, 4.69) is 10.3 Å². The molecule has 0 saturated heterocycles. The average molecular weight is 254 g/mol. The topological polar surface area (TPSA) is 93.2 Å². The molecule has 1 aliphatic heterocycles. The number of nitrogens with one attached hydrogen (secondary N) is 1. The van der Waals surface area contributed by atoms with Crippen LogP contribution in [0.15, 0.2) is 30.5 Å². The summed E-state index contributed by atoms with van der Waals surface area (Å²) in [5.41, 5.74) is 7.32. The van der Waals surface area contributed by atoms with Gasteiger partial charge in [-0.15, -0.1) is 0 Å². The van der Waals surface area contributed by atoms with Gasteiger partial charge < -0.3 is 20.5 Å². The highest BCUT2D eigenvalue weighted by atomic mass is 16.7. The molecule has 3 N–H and O–H groups in total. The van der Waals surface area contributed by atoms with Crippen molar-refractivity contribution in [2.45, 2.75) is 0 Å². The van der Waals surface area contributed by atoms with Gasteiger partial charge in [0.25, 0.3) is 0 Å². The van der Waals surface area contributed by atoms with E-state index in [4.69, 9.17) is 20.5 Å². The van der Waals surface area contributed by atoms with Crippen molar-refractivity contribution in [3.05, 3.63) is 36.0 Å². The summed E-state index contributed by atoms with van der Waals surface area (Å²) in [7, 11) is 0. The number of nitrogens with two attached hydrogens (primary N) is 1. The van der Waals surface area contributed by atoms with Crippen molar-refractivity contribution in [1.29, 1.82) is 5.26 Å². The van der Waals surface area contributed by atoms with Gasteiger partial charge in [-0.25, -0.2) is 4.98 Å². The van der Waals surface area contributed by atoms with E-state index in [1.54, 1.807) is 18.2 Å². The summed E-state index contributed by atoms with van der Waals surface area (Å²) in [5, 5.41) is 12.0. The van der Waals surface area contributed by atoms with Crippen LogP contribution in [0.4, 0.5) is 17.2 Å². The second kappa shape index (κ2) is 4.38. The van der Waals surface area contributed by atoms with Crippen LogP contribution in [0.25, 0.3) is 0 Å². The Balaban J connectivity index is 1.92. The van der Waals surface area contributed by atoms with Gasteiger partial charge in [0.05, 0.1) is 11.3 Å². The van der Waals surface area contributed by atoms with Crippen LogP contribution < -0.4 is 20.5 Å². The molecule has 6 nitrogen and oxygen atoms in total. The molecule has 6 heteroatoms. The first-order chi connectivity index (χ1) is 9.28. The molecule has 1 aliphatic rings. The fraction of sp³-hybridized carbons (Fsp3) is 0.0769. The minimum atomic E-state index is 0.225. The molecular formula is C13H10N4O2. The van der Waals surface area contributed by atoms with E-state index in [1.165, 1.54) is 6.20 Å². The van der Waals surface area contributed by atoms with Crippen LogP contribution >= 0.6 is 0 Å². The molecule has 3 rings (SSSR count). The molecular weight excluding hydrogens is 244 g/mol. The molecule has 1 aromatic carbocycles. The minimum Gasteiger partial charge on any atom is -0.454 e. The number of hydrogen-bond donors (Lipinski definition) is 2. The second-order valence-electron chi connectivity index (χ2n) is 3.93. The van der Waals surface area contributed by atoms with Crippen LogP contribution in [0.2, 0.25) is 0 Å². The molecule has 0 spiro atoms. The lowest BCUT2D eigenvalue weighted by Crippen LogP contribution is -2.01. The maximum absolute atomic E-state index is 8.91. The van der Waals surface area contributed by atoms with E-state index >= 15 is 0 Å². The van der Waals surface area contributed by atoms with E-state index in [-0.39, 0.29) is 6.79 Å². The third kappa shape index (κ3) is 1.98. The molecule has 1 aromatic heterocycles. The van der Waals surface area contributed by atoms with E-state index in [1.807, 2.05) is 12.1 Å². The van der Waals surface area contributed by atoms with Crippen LogP contribution in [0.5, 0.6) is 11.5 Å². The lowest BCUT2D eigenvalue weighted by molar-refractivity contribution is 0.174. The van der Waals surface area contributed by atoms with Gasteiger partial charge in [0.2, 0.25) is 6.79 Å². The van der Waals surface area contributed by atoms with Crippen LogP contribution in [0, 0.1) is 11.3 Å².